The highest BCUT2D eigenvalue weighted by atomic mass is 16.5. The molecule has 0 bridgehead atoms. The Labute approximate surface area is 102 Å². The normalized spacial score (nSPS) is 10.5. The van der Waals surface area contributed by atoms with Crippen LogP contribution in [0.3, 0.4) is 0 Å². The molecule has 3 nitrogen and oxygen atoms in total. The van der Waals surface area contributed by atoms with Crippen molar-refractivity contribution >= 4 is 6.29 Å². The van der Waals surface area contributed by atoms with E-state index in [0.717, 1.165) is 12.7 Å². The lowest BCUT2D eigenvalue weighted by molar-refractivity contribution is 0.112. The summed E-state index contributed by atoms with van der Waals surface area (Å²) in [5.74, 6) is 1.31. The van der Waals surface area contributed by atoms with Crippen LogP contribution < -0.4 is 9.47 Å². The average Bonchev–Trinajstić information content (AvgIpc) is 2.36. The van der Waals surface area contributed by atoms with Gasteiger partial charge in [-0.25, -0.2) is 0 Å². The molecule has 0 N–H and O–H groups in total. The number of benzene rings is 1. The summed E-state index contributed by atoms with van der Waals surface area (Å²) in [6.45, 7) is 5.03. The molecule has 0 saturated heterocycles. The Morgan fingerprint density at radius 3 is 2.71 bits per heavy atom. The molecule has 3 heteroatoms. The number of allylic oxidation sites excluding steroid dienone is 1. The molecule has 0 radical (unpaired) electrons. The second-order valence-electron chi connectivity index (χ2n) is 3.46. The fourth-order valence-corrected chi connectivity index (χ4v) is 1.39. The topological polar surface area (TPSA) is 35.5 Å². The number of hydrogen-bond acceptors (Lipinski definition) is 3. The van der Waals surface area contributed by atoms with Gasteiger partial charge in [-0.2, -0.15) is 0 Å². The first-order valence-corrected chi connectivity index (χ1v) is 5.77. The van der Waals surface area contributed by atoms with E-state index in [0.29, 0.717) is 30.3 Å². The lowest BCUT2D eigenvalue weighted by Crippen LogP contribution is -2.00. The minimum absolute atomic E-state index is 0.549. The predicted octanol–water partition coefficient (Wildman–Crippen LogP) is 3.24. The Bertz CT molecular complexity index is 383. The molecule has 0 amide bonds. The van der Waals surface area contributed by atoms with Gasteiger partial charge < -0.3 is 9.47 Å². The third-order valence-corrected chi connectivity index (χ3v) is 2.18. The molecule has 1 aromatic carbocycles. The zero-order valence-electron chi connectivity index (χ0n) is 10.3. The number of hydrogen-bond donors (Lipinski definition) is 0. The third-order valence-electron chi connectivity index (χ3n) is 2.18. The van der Waals surface area contributed by atoms with Crippen molar-refractivity contribution in [3.63, 3.8) is 0 Å². The fraction of sp³-hybridized carbons (Fsp3) is 0.357. The van der Waals surface area contributed by atoms with Gasteiger partial charge >= 0.3 is 0 Å². The van der Waals surface area contributed by atoms with Gasteiger partial charge in [0.15, 0.2) is 11.5 Å². The van der Waals surface area contributed by atoms with Crippen molar-refractivity contribution in [1.29, 1.82) is 0 Å². The first-order valence-electron chi connectivity index (χ1n) is 5.77. The van der Waals surface area contributed by atoms with Crippen LogP contribution in [0, 0.1) is 0 Å². The second kappa shape index (κ2) is 7.49. The highest BCUT2D eigenvalue weighted by Gasteiger charge is 2.05. The van der Waals surface area contributed by atoms with E-state index in [1.807, 2.05) is 26.0 Å². The molecule has 17 heavy (non-hydrogen) atoms. The third kappa shape index (κ3) is 4.31. The predicted molar refractivity (Wildman–Crippen MR) is 67.9 cm³/mol. The van der Waals surface area contributed by atoms with Crippen LogP contribution in [-0.4, -0.2) is 19.5 Å². The molecule has 0 aromatic heterocycles. The number of ether oxygens (including phenoxy) is 2. The second-order valence-corrected chi connectivity index (χ2v) is 3.46. The smallest absolute Gasteiger partial charge is 0.161 e. The number of carbonyl (C=O) groups is 1. The Morgan fingerprint density at radius 2 is 2.06 bits per heavy atom. The van der Waals surface area contributed by atoms with Crippen molar-refractivity contribution in [2.24, 2.45) is 0 Å². The van der Waals surface area contributed by atoms with Gasteiger partial charge in [0.1, 0.15) is 6.29 Å². The summed E-state index contributed by atoms with van der Waals surface area (Å²) in [4.78, 5) is 10.7. The van der Waals surface area contributed by atoms with Crippen molar-refractivity contribution in [3.8, 4) is 11.5 Å². The van der Waals surface area contributed by atoms with E-state index in [-0.39, 0.29) is 0 Å². The van der Waals surface area contributed by atoms with E-state index in [4.69, 9.17) is 9.47 Å². The molecule has 0 fully saturated rings. The summed E-state index contributed by atoms with van der Waals surface area (Å²) in [6, 6.07) is 5.19. The first kappa shape index (κ1) is 13.3. The van der Waals surface area contributed by atoms with Crippen molar-refractivity contribution in [3.05, 3.63) is 35.9 Å². The van der Waals surface area contributed by atoms with E-state index in [1.165, 1.54) is 0 Å². The quantitative estimate of drug-likeness (QED) is 0.413. The van der Waals surface area contributed by atoms with Crippen molar-refractivity contribution in [2.75, 3.05) is 13.2 Å². The molecule has 1 aromatic rings. The summed E-state index contributed by atoms with van der Waals surface area (Å²) >= 11 is 0. The monoisotopic (exact) mass is 234 g/mol. The van der Waals surface area contributed by atoms with E-state index >= 15 is 0 Å². The molecule has 0 aliphatic rings. The molecule has 0 saturated carbocycles. The molecule has 0 spiro atoms. The highest BCUT2D eigenvalue weighted by molar-refractivity contribution is 5.76. The van der Waals surface area contributed by atoms with Gasteiger partial charge in [0.05, 0.1) is 13.2 Å². The summed E-state index contributed by atoms with van der Waals surface area (Å²) in [6.07, 6.45) is 5.69. The molecular formula is C14H18O3. The van der Waals surface area contributed by atoms with Gasteiger partial charge in [-0.05, 0) is 38.5 Å². The minimum Gasteiger partial charge on any atom is -0.490 e. The average molecular weight is 234 g/mol. The van der Waals surface area contributed by atoms with E-state index in [9.17, 15) is 4.79 Å². The Morgan fingerprint density at radius 1 is 1.24 bits per heavy atom. The van der Waals surface area contributed by atoms with Gasteiger partial charge in [0.2, 0.25) is 0 Å². The molecule has 0 aliphatic heterocycles. The van der Waals surface area contributed by atoms with Crippen LogP contribution in [0.2, 0.25) is 0 Å². The Balaban J connectivity index is 2.71. The van der Waals surface area contributed by atoms with Crippen LogP contribution in [0.15, 0.2) is 30.4 Å². The number of rotatable bonds is 7. The molecular weight excluding hydrogens is 216 g/mol. The zero-order chi connectivity index (χ0) is 12.5. The van der Waals surface area contributed by atoms with E-state index in [2.05, 4.69) is 0 Å². The van der Waals surface area contributed by atoms with Crippen LogP contribution in [0.4, 0.5) is 0 Å². The van der Waals surface area contributed by atoms with Crippen LogP contribution >= 0.6 is 0 Å². The fourth-order valence-electron chi connectivity index (χ4n) is 1.39. The van der Waals surface area contributed by atoms with Gasteiger partial charge in [-0.1, -0.05) is 12.2 Å². The van der Waals surface area contributed by atoms with Gasteiger partial charge in [0.25, 0.3) is 0 Å². The molecule has 92 valence electrons. The lowest BCUT2D eigenvalue weighted by Gasteiger charge is -2.11. The highest BCUT2D eigenvalue weighted by Crippen LogP contribution is 2.28. The van der Waals surface area contributed by atoms with E-state index in [1.54, 1.807) is 18.2 Å². The van der Waals surface area contributed by atoms with Crippen molar-refractivity contribution in [2.45, 2.75) is 20.3 Å². The summed E-state index contributed by atoms with van der Waals surface area (Å²) in [5, 5.41) is 0. The largest absolute Gasteiger partial charge is 0.490 e. The molecule has 1 rings (SSSR count). The maximum absolute atomic E-state index is 10.7. The summed E-state index contributed by atoms with van der Waals surface area (Å²) < 4.78 is 11.0. The maximum Gasteiger partial charge on any atom is 0.161 e. The Hall–Kier alpha value is -1.77. The minimum atomic E-state index is 0.549. The van der Waals surface area contributed by atoms with Crippen LogP contribution in [0.25, 0.3) is 0 Å². The molecule has 0 heterocycles. The van der Waals surface area contributed by atoms with E-state index < -0.39 is 0 Å². The standard InChI is InChI=1S/C14H18O3/c1-3-5-6-9-17-13-8-7-12(11-15)10-14(13)16-4-2/h3,5,7-8,10-11H,4,6,9H2,1-2H3. The van der Waals surface area contributed by atoms with Crippen molar-refractivity contribution < 1.29 is 14.3 Å². The zero-order valence-corrected chi connectivity index (χ0v) is 10.3. The van der Waals surface area contributed by atoms with Gasteiger partial charge in [0, 0.05) is 5.56 Å². The Kier molecular flexibility index (Phi) is 5.86. The van der Waals surface area contributed by atoms with Crippen molar-refractivity contribution in [1.82, 2.24) is 0 Å². The number of carbonyl (C=O) groups excluding carboxylic acids is 1. The first-order chi connectivity index (χ1) is 8.31. The molecule has 0 aliphatic carbocycles. The van der Waals surface area contributed by atoms with Gasteiger partial charge in [-0.15, -0.1) is 0 Å². The SMILES string of the molecule is CC=CCCOc1ccc(C=O)cc1OCC. The summed E-state index contributed by atoms with van der Waals surface area (Å²) in [7, 11) is 0. The molecule has 0 atom stereocenters. The van der Waals surface area contributed by atoms with Gasteiger partial charge in [-0.3, -0.25) is 4.79 Å². The number of aldehydes is 1. The summed E-state index contributed by atoms with van der Waals surface area (Å²) in [5.41, 5.74) is 0.592. The molecule has 0 unspecified atom stereocenters. The van der Waals surface area contributed by atoms with Crippen LogP contribution in [-0.2, 0) is 0 Å². The van der Waals surface area contributed by atoms with Crippen LogP contribution in [0.5, 0.6) is 11.5 Å². The van der Waals surface area contributed by atoms with Crippen LogP contribution in [0.1, 0.15) is 30.6 Å². The maximum atomic E-state index is 10.7. The lowest BCUT2D eigenvalue weighted by atomic mass is 10.2.